The molecule has 5 rings (SSSR count). The van der Waals surface area contributed by atoms with Gasteiger partial charge in [-0.25, -0.2) is 0 Å². The molecular formula is C37H45O5Ti. The van der Waals surface area contributed by atoms with Crippen LogP contribution in [0.5, 0.6) is 0 Å². The van der Waals surface area contributed by atoms with Crippen molar-refractivity contribution >= 4 is 0 Å². The summed E-state index contributed by atoms with van der Waals surface area (Å²) in [6.07, 6.45) is -1.87. The summed E-state index contributed by atoms with van der Waals surface area (Å²) in [7, 11) is 0. The van der Waals surface area contributed by atoms with Gasteiger partial charge >= 0.3 is 21.7 Å². The van der Waals surface area contributed by atoms with E-state index in [9.17, 15) is 15.3 Å². The SMILES string of the molecule is CC(C)(C)[O-].CC1(C)O[C@@H](C(O)(c2ccccc2)c2ccccc2)[C@H](C(O)(c2ccccc2)c2ccccc2)O1.[CH3-].[CH3-].[Ti+3]. The molecule has 0 bridgehead atoms. The zero-order chi connectivity index (χ0) is 29.0. The Bertz CT molecular complexity index is 1160. The molecule has 4 aromatic rings. The third kappa shape index (κ3) is 8.74. The zero-order valence-corrected chi connectivity index (χ0v) is 27.9. The number of benzene rings is 4. The van der Waals surface area contributed by atoms with Gasteiger partial charge in [0.05, 0.1) is 0 Å². The summed E-state index contributed by atoms with van der Waals surface area (Å²) >= 11 is 0. The maximum atomic E-state index is 12.6. The van der Waals surface area contributed by atoms with E-state index >= 15 is 0 Å². The van der Waals surface area contributed by atoms with E-state index < -0.39 is 34.8 Å². The van der Waals surface area contributed by atoms with Crippen molar-refractivity contribution in [2.45, 2.75) is 69.4 Å². The number of hydrogen-bond donors (Lipinski definition) is 2. The first-order valence-electron chi connectivity index (χ1n) is 13.6. The Kier molecular flexibility index (Phi) is 13.8. The topological polar surface area (TPSA) is 82.0 Å². The van der Waals surface area contributed by atoms with Crippen molar-refractivity contribution in [2.75, 3.05) is 0 Å². The molecule has 1 radical (unpaired) electrons. The Labute approximate surface area is 273 Å². The minimum absolute atomic E-state index is 0. The van der Waals surface area contributed by atoms with Gasteiger partial charge < -0.3 is 39.6 Å². The smallest absolute Gasteiger partial charge is 0.850 e. The van der Waals surface area contributed by atoms with E-state index in [4.69, 9.17) is 9.47 Å². The van der Waals surface area contributed by atoms with Crippen molar-refractivity contribution in [3.05, 3.63) is 158 Å². The van der Waals surface area contributed by atoms with Gasteiger partial charge in [0, 0.05) is 0 Å². The number of rotatable bonds is 6. The average molecular weight is 618 g/mol. The summed E-state index contributed by atoms with van der Waals surface area (Å²) in [4.78, 5) is 0. The summed E-state index contributed by atoms with van der Waals surface area (Å²) in [6.45, 7) is 8.52. The first-order valence-corrected chi connectivity index (χ1v) is 13.6. The van der Waals surface area contributed by atoms with Crippen LogP contribution in [0.2, 0.25) is 0 Å². The molecule has 2 N–H and O–H groups in total. The fourth-order valence-electron chi connectivity index (χ4n) is 5.13. The molecule has 0 aromatic heterocycles. The van der Waals surface area contributed by atoms with Crippen LogP contribution in [-0.4, -0.2) is 33.8 Å². The third-order valence-electron chi connectivity index (χ3n) is 6.78. The van der Waals surface area contributed by atoms with Crippen molar-refractivity contribution in [3.8, 4) is 0 Å². The van der Waals surface area contributed by atoms with Crippen LogP contribution in [0.3, 0.4) is 0 Å². The molecule has 5 nitrogen and oxygen atoms in total. The fourth-order valence-corrected chi connectivity index (χ4v) is 5.13. The molecule has 227 valence electrons. The van der Waals surface area contributed by atoms with Crippen LogP contribution in [0.25, 0.3) is 0 Å². The number of ether oxygens (including phenoxy) is 2. The van der Waals surface area contributed by atoms with Gasteiger partial charge in [-0.1, -0.05) is 142 Å². The summed E-state index contributed by atoms with van der Waals surface area (Å²) in [5, 5.41) is 35.3. The second kappa shape index (κ2) is 15.4. The molecule has 0 unspecified atom stereocenters. The van der Waals surface area contributed by atoms with Crippen LogP contribution < -0.4 is 5.11 Å². The Morgan fingerprint density at radius 2 is 0.721 bits per heavy atom. The Hall–Kier alpha value is -2.61. The first-order chi connectivity index (χ1) is 18.9. The monoisotopic (exact) mass is 617 g/mol. The van der Waals surface area contributed by atoms with Gasteiger partial charge in [0.25, 0.3) is 0 Å². The Morgan fingerprint density at radius 3 is 0.907 bits per heavy atom. The van der Waals surface area contributed by atoms with Gasteiger partial charge in [-0.05, 0) is 36.1 Å². The van der Waals surface area contributed by atoms with Crippen LogP contribution in [0.15, 0.2) is 121 Å². The van der Waals surface area contributed by atoms with E-state index in [1.807, 2.05) is 135 Å². The van der Waals surface area contributed by atoms with Gasteiger partial charge in [0.15, 0.2) is 5.79 Å². The Morgan fingerprint density at radius 1 is 0.535 bits per heavy atom. The van der Waals surface area contributed by atoms with Crippen LogP contribution in [0.1, 0.15) is 56.9 Å². The number of hydrogen-bond acceptors (Lipinski definition) is 5. The van der Waals surface area contributed by atoms with E-state index in [1.54, 1.807) is 20.8 Å². The quantitative estimate of drug-likeness (QED) is 0.193. The second-order valence-electron chi connectivity index (χ2n) is 11.6. The molecule has 43 heavy (non-hydrogen) atoms. The van der Waals surface area contributed by atoms with E-state index in [-0.39, 0.29) is 36.6 Å². The van der Waals surface area contributed by atoms with Crippen molar-refractivity contribution in [1.29, 1.82) is 0 Å². The molecule has 1 heterocycles. The normalized spacial score (nSPS) is 17.7. The van der Waals surface area contributed by atoms with E-state index in [0.29, 0.717) is 22.3 Å². The van der Waals surface area contributed by atoms with Crippen LogP contribution in [0, 0.1) is 14.9 Å². The summed E-state index contributed by atoms with van der Waals surface area (Å²) in [6, 6.07) is 37.8. The maximum absolute atomic E-state index is 12.6. The third-order valence-corrected chi connectivity index (χ3v) is 6.78. The predicted octanol–water partition coefficient (Wildman–Crippen LogP) is 6.42. The summed E-state index contributed by atoms with van der Waals surface area (Å²) in [5.74, 6) is -1.05. The molecule has 6 heteroatoms. The van der Waals surface area contributed by atoms with E-state index in [1.165, 1.54) is 0 Å². The van der Waals surface area contributed by atoms with Crippen molar-refractivity contribution in [3.63, 3.8) is 0 Å². The largest absolute Gasteiger partial charge is 3.00 e. The summed E-state index contributed by atoms with van der Waals surface area (Å²) in [5.41, 5.74) is -1.31. The minimum atomic E-state index is -1.60. The molecule has 1 aliphatic heterocycles. The second-order valence-corrected chi connectivity index (χ2v) is 11.6. The Balaban J connectivity index is 0.00000107. The molecule has 0 saturated carbocycles. The molecule has 1 fully saturated rings. The molecule has 2 atom stereocenters. The maximum Gasteiger partial charge on any atom is 3.00 e. The van der Waals surface area contributed by atoms with Gasteiger partial charge in [0.1, 0.15) is 23.4 Å². The van der Waals surface area contributed by atoms with Gasteiger partial charge in [-0.2, -0.15) is 0 Å². The standard InChI is InChI=1S/C31H30O4.C4H9O.2CH3.Ti/c1-29(2)34-27(30(32,23-15-7-3-8-16-23)24-17-9-4-10-18-24)28(35-29)31(33,25-19-11-5-12-20-25)26-21-13-6-14-22-26;1-4(2,3)5;;;/h3-22,27-28,32-33H,1-2H3;1-3H3;2*1H3;/q;3*-1;+3/t27-,28-;;;;/m1..../s1. The zero-order valence-electron chi connectivity index (χ0n) is 26.3. The van der Waals surface area contributed by atoms with E-state index in [2.05, 4.69) is 0 Å². The minimum Gasteiger partial charge on any atom is -0.850 e. The number of aliphatic hydroxyl groups is 2. The fraction of sp³-hybridized carbons (Fsp3) is 0.297. The van der Waals surface area contributed by atoms with Crippen molar-refractivity contribution < 1.29 is 46.5 Å². The van der Waals surface area contributed by atoms with Crippen LogP contribution in [0.4, 0.5) is 0 Å². The predicted molar refractivity (Wildman–Crippen MR) is 168 cm³/mol. The summed E-state index contributed by atoms with van der Waals surface area (Å²) < 4.78 is 13.0. The van der Waals surface area contributed by atoms with Crippen molar-refractivity contribution in [1.82, 2.24) is 0 Å². The van der Waals surface area contributed by atoms with Gasteiger partial charge in [-0.15, -0.1) is 5.60 Å². The first kappa shape index (κ1) is 38.4. The van der Waals surface area contributed by atoms with Crippen LogP contribution >= 0.6 is 0 Å². The molecule has 0 aliphatic carbocycles. The molecule has 1 aliphatic rings. The van der Waals surface area contributed by atoms with Gasteiger partial charge in [-0.3, -0.25) is 0 Å². The molecule has 0 amide bonds. The molecule has 0 spiro atoms. The van der Waals surface area contributed by atoms with Gasteiger partial charge in [0.2, 0.25) is 0 Å². The average Bonchev–Trinajstić information content (AvgIpc) is 3.29. The van der Waals surface area contributed by atoms with E-state index in [0.717, 1.165) is 0 Å². The van der Waals surface area contributed by atoms with Crippen LogP contribution in [-0.2, 0) is 42.4 Å². The molecule has 4 aromatic carbocycles. The molecule has 1 saturated heterocycles. The van der Waals surface area contributed by atoms with Crippen molar-refractivity contribution in [2.24, 2.45) is 0 Å². The molecular weight excluding hydrogens is 572 g/mol.